The lowest BCUT2D eigenvalue weighted by Crippen LogP contribution is -2.47. The van der Waals surface area contributed by atoms with E-state index in [9.17, 15) is 35.9 Å². The summed E-state index contributed by atoms with van der Waals surface area (Å²) in [5.74, 6) is 0.378. The van der Waals surface area contributed by atoms with Crippen molar-refractivity contribution in [3.05, 3.63) is 58.7 Å². The average molecular weight is 548 g/mol. The summed E-state index contributed by atoms with van der Waals surface area (Å²) in [7, 11) is 2.46. The molecule has 0 radical (unpaired) electrons. The topological polar surface area (TPSA) is 68.3 Å². The summed E-state index contributed by atoms with van der Waals surface area (Å²) < 4.78 is 95.8. The number of amides is 2. The van der Waals surface area contributed by atoms with E-state index in [-0.39, 0.29) is 19.1 Å². The number of fused-ring (bicyclic) bond motifs is 1. The molecule has 2 aromatic carbocycles. The largest absolute Gasteiger partial charge is 0.497 e. The fourth-order valence-electron chi connectivity index (χ4n) is 4.43. The Morgan fingerprint density at radius 2 is 1.61 bits per heavy atom. The molecule has 0 aromatic heterocycles. The molecular weight excluding hydrogens is 522 g/mol. The number of benzene rings is 2. The van der Waals surface area contributed by atoms with E-state index in [1.54, 1.807) is 26.0 Å². The number of nitrogens with zero attached hydrogens (tertiary/aromatic N) is 2. The Labute approximate surface area is 214 Å². The number of anilines is 1. The molecule has 1 heterocycles. The Bertz CT molecular complexity index is 1150. The third-order valence-corrected chi connectivity index (χ3v) is 6.11. The first-order valence-corrected chi connectivity index (χ1v) is 11.5. The first-order chi connectivity index (χ1) is 17.7. The van der Waals surface area contributed by atoms with E-state index in [1.807, 2.05) is 0 Å². The van der Waals surface area contributed by atoms with Crippen molar-refractivity contribution in [1.82, 2.24) is 4.90 Å². The normalized spacial score (nSPS) is 17.5. The van der Waals surface area contributed by atoms with Crippen molar-refractivity contribution in [1.29, 1.82) is 0 Å². The van der Waals surface area contributed by atoms with Crippen LogP contribution < -0.4 is 9.64 Å². The van der Waals surface area contributed by atoms with Crippen molar-refractivity contribution >= 4 is 17.9 Å². The summed E-state index contributed by atoms with van der Waals surface area (Å²) in [6, 6.07) is 4.39. The van der Waals surface area contributed by atoms with Crippen molar-refractivity contribution in [2.24, 2.45) is 0 Å². The van der Waals surface area contributed by atoms with Gasteiger partial charge in [0, 0.05) is 18.7 Å². The number of carbonyl (C=O) groups is 2. The number of halogens is 6. The summed E-state index contributed by atoms with van der Waals surface area (Å²) >= 11 is 0. The van der Waals surface area contributed by atoms with Gasteiger partial charge in [-0.2, -0.15) is 26.3 Å². The van der Waals surface area contributed by atoms with Crippen molar-refractivity contribution < 1.29 is 50.1 Å². The second-order valence-electron chi connectivity index (χ2n) is 8.61. The van der Waals surface area contributed by atoms with Crippen molar-refractivity contribution in [3.63, 3.8) is 0 Å². The SMILES string of the molecule is CCOC(=O)N1c2cc(OC)ccc2C(N(Cc2cc(C(F)(F)F)cc(C(F)(F)F)c2)C(=O)OC)CC1C. The maximum absolute atomic E-state index is 13.4. The zero-order valence-electron chi connectivity index (χ0n) is 20.9. The number of alkyl halides is 6. The van der Waals surface area contributed by atoms with Crippen LogP contribution in [0.4, 0.5) is 41.6 Å². The molecule has 0 aliphatic carbocycles. The highest BCUT2D eigenvalue weighted by Gasteiger charge is 2.41. The maximum atomic E-state index is 13.4. The van der Waals surface area contributed by atoms with Gasteiger partial charge in [-0.25, -0.2) is 9.59 Å². The Balaban J connectivity index is 2.13. The first kappa shape index (κ1) is 28.9. The lowest BCUT2D eigenvalue weighted by molar-refractivity contribution is -0.143. The fourth-order valence-corrected chi connectivity index (χ4v) is 4.43. The summed E-state index contributed by atoms with van der Waals surface area (Å²) in [5.41, 5.74) is -2.66. The van der Waals surface area contributed by atoms with Gasteiger partial charge in [0.1, 0.15) is 5.75 Å². The van der Waals surface area contributed by atoms with Crippen LogP contribution in [0.25, 0.3) is 0 Å². The predicted molar refractivity (Wildman–Crippen MR) is 124 cm³/mol. The zero-order chi connectivity index (χ0) is 28.4. The van der Waals surface area contributed by atoms with E-state index in [4.69, 9.17) is 14.2 Å². The molecule has 2 atom stereocenters. The van der Waals surface area contributed by atoms with Crippen LogP contribution in [0.2, 0.25) is 0 Å². The molecule has 0 bridgehead atoms. The Hall–Kier alpha value is -3.64. The fraction of sp³-hybridized carbons (Fsp3) is 0.440. The Kier molecular flexibility index (Phi) is 8.37. The van der Waals surface area contributed by atoms with E-state index in [2.05, 4.69) is 0 Å². The molecule has 1 aliphatic heterocycles. The van der Waals surface area contributed by atoms with Crippen LogP contribution in [0.5, 0.6) is 5.75 Å². The molecule has 2 amide bonds. The van der Waals surface area contributed by atoms with E-state index >= 15 is 0 Å². The standard InChI is InChI=1S/C25H26F6N2O5/c1-5-38-23(35)33-14(2)8-20(19-7-6-18(36-3)12-21(19)33)32(22(34)37-4)13-15-9-16(24(26,27)28)11-17(10-15)25(29,30)31/h6-7,9-12,14,20H,5,8,13H2,1-4H3. The molecule has 0 saturated heterocycles. The number of carbonyl (C=O) groups excluding carboxylic acids is 2. The van der Waals surface area contributed by atoms with Gasteiger partial charge in [0.15, 0.2) is 0 Å². The summed E-state index contributed by atoms with van der Waals surface area (Å²) in [6.45, 7) is 2.77. The Morgan fingerprint density at radius 3 is 2.11 bits per heavy atom. The third kappa shape index (κ3) is 6.08. The van der Waals surface area contributed by atoms with E-state index in [0.717, 1.165) is 12.0 Å². The minimum Gasteiger partial charge on any atom is -0.497 e. The third-order valence-electron chi connectivity index (χ3n) is 6.11. The van der Waals surface area contributed by atoms with Crippen LogP contribution in [-0.2, 0) is 28.4 Å². The van der Waals surface area contributed by atoms with Gasteiger partial charge in [-0.15, -0.1) is 0 Å². The van der Waals surface area contributed by atoms with Gasteiger partial charge in [-0.3, -0.25) is 9.80 Å². The number of hydrogen-bond donors (Lipinski definition) is 0. The van der Waals surface area contributed by atoms with Gasteiger partial charge >= 0.3 is 24.5 Å². The number of methoxy groups -OCH3 is 2. The number of rotatable bonds is 5. The van der Waals surface area contributed by atoms with Gasteiger partial charge in [0.05, 0.1) is 43.7 Å². The van der Waals surface area contributed by atoms with Crippen LogP contribution in [0.3, 0.4) is 0 Å². The molecule has 0 saturated carbocycles. The monoisotopic (exact) mass is 548 g/mol. The van der Waals surface area contributed by atoms with Crippen molar-refractivity contribution in [2.45, 2.75) is 51.2 Å². The van der Waals surface area contributed by atoms with E-state index in [0.29, 0.717) is 29.1 Å². The second-order valence-corrected chi connectivity index (χ2v) is 8.61. The molecule has 13 heteroatoms. The summed E-state index contributed by atoms with van der Waals surface area (Å²) in [4.78, 5) is 28.0. The summed E-state index contributed by atoms with van der Waals surface area (Å²) in [6.07, 6.45) is -11.6. The zero-order valence-corrected chi connectivity index (χ0v) is 20.9. The quantitative estimate of drug-likeness (QED) is 0.385. The smallest absolute Gasteiger partial charge is 0.416 e. The average Bonchev–Trinajstić information content (AvgIpc) is 2.84. The highest BCUT2D eigenvalue weighted by molar-refractivity contribution is 5.91. The molecule has 0 N–H and O–H groups in total. The van der Waals surface area contributed by atoms with E-state index in [1.165, 1.54) is 18.1 Å². The van der Waals surface area contributed by atoms with Crippen LogP contribution in [0, 0.1) is 0 Å². The molecular formula is C25H26F6N2O5. The second kappa shape index (κ2) is 11.0. The molecule has 2 unspecified atom stereocenters. The van der Waals surface area contributed by atoms with Gasteiger partial charge < -0.3 is 14.2 Å². The van der Waals surface area contributed by atoms with Crippen LogP contribution in [0.1, 0.15) is 48.6 Å². The minimum absolute atomic E-state index is 0.0213. The molecule has 38 heavy (non-hydrogen) atoms. The molecule has 1 aliphatic rings. The van der Waals surface area contributed by atoms with Gasteiger partial charge in [0.2, 0.25) is 0 Å². The molecule has 7 nitrogen and oxygen atoms in total. The number of ether oxygens (including phenoxy) is 3. The molecule has 0 spiro atoms. The molecule has 208 valence electrons. The number of hydrogen-bond acceptors (Lipinski definition) is 5. The molecule has 3 rings (SSSR count). The maximum Gasteiger partial charge on any atom is 0.416 e. The van der Waals surface area contributed by atoms with Crippen molar-refractivity contribution in [3.8, 4) is 5.75 Å². The molecule has 2 aromatic rings. The van der Waals surface area contributed by atoms with Gasteiger partial charge in [-0.05, 0) is 55.7 Å². The molecule has 0 fully saturated rings. The first-order valence-electron chi connectivity index (χ1n) is 11.5. The lowest BCUT2D eigenvalue weighted by atomic mass is 9.90. The minimum atomic E-state index is -5.05. The highest BCUT2D eigenvalue weighted by atomic mass is 19.4. The Morgan fingerprint density at radius 1 is 1.00 bits per heavy atom. The van der Waals surface area contributed by atoms with E-state index < -0.39 is 59.9 Å². The van der Waals surface area contributed by atoms with Crippen molar-refractivity contribution in [2.75, 3.05) is 25.7 Å². The van der Waals surface area contributed by atoms with Crippen LogP contribution >= 0.6 is 0 Å². The summed E-state index contributed by atoms with van der Waals surface area (Å²) in [5, 5.41) is 0. The van der Waals surface area contributed by atoms with Crippen LogP contribution in [0.15, 0.2) is 36.4 Å². The highest BCUT2D eigenvalue weighted by Crippen LogP contribution is 2.44. The predicted octanol–water partition coefficient (Wildman–Crippen LogP) is 6.80. The van der Waals surface area contributed by atoms with Gasteiger partial charge in [0.25, 0.3) is 0 Å². The van der Waals surface area contributed by atoms with Gasteiger partial charge in [-0.1, -0.05) is 6.07 Å². The lowest BCUT2D eigenvalue weighted by Gasteiger charge is -2.42. The van der Waals surface area contributed by atoms with Crippen LogP contribution in [-0.4, -0.2) is 44.0 Å².